The van der Waals surface area contributed by atoms with E-state index in [1.807, 2.05) is 24.3 Å². The molecule has 4 rings (SSSR count). The second-order valence-corrected chi connectivity index (χ2v) is 7.99. The van der Waals surface area contributed by atoms with Crippen LogP contribution in [0.3, 0.4) is 0 Å². The van der Waals surface area contributed by atoms with Crippen LogP contribution >= 0.6 is 15.9 Å². The van der Waals surface area contributed by atoms with Crippen molar-refractivity contribution in [2.45, 2.75) is 19.1 Å². The van der Waals surface area contributed by atoms with Crippen LogP contribution < -0.4 is 20.7 Å². The summed E-state index contributed by atoms with van der Waals surface area (Å²) in [5, 5.41) is 7.55. The summed E-state index contributed by atoms with van der Waals surface area (Å²) < 4.78 is 12.2. The molecule has 0 saturated carbocycles. The van der Waals surface area contributed by atoms with Crippen molar-refractivity contribution >= 4 is 39.5 Å². The zero-order chi connectivity index (χ0) is 22.0. The summed E-state index contributed by atoms with van der Waals surface area (Å²) in [4.78, 5) is 36.2. The molecule has 3 aromatic rings. The number of carbonyl (C=O) groups excluding carboxylic acids is 3. The lowest BCUT2D eigenvalue weighted by Gasteiger charge is -2.21. The second-order valence-electron chi connectivity index (χ2n) is 7.08. The number of amides is 4. The molecule has 1 aliphatic rings. The number of imide groups is 1. The third-order valence-corrected chi connectivity index (χ3v) is 5.35. The van der Waals surface area contributed by atoms with Crippen LogP contribution in [0.2, 0.25) is 0 Å². The Morgan fingerprint density at radius 3 is 2.61 bits per heavy atom. The normalized spacial score (nSPS) is 17.7. The van der Waals surface area contributed by atoms with Gasteiger partial charge in [-0.3, -0.25) is 14.9 Å². The number of halogens is 1. The lowest BCUT2D eigenvalue weighted by atomic mass is 9.92. The highest BCUT2D eigenvalue weighted by atomic mass is 79.9. The van der Waals surface area contributed by atoms with Gasteiger partial charge in [-0.15, -0.1) is 0 Å². The molecule has 2 heterocycles. The Bertz CT molecular complexity index is 1160. The Labute approximate surface area is 186 Å². The van der Waals surface area contributed by atoms with Gasteiger partial charge in [-0.2, -0.15) is 0 Å². The van der Waals surface area contributed by atoms with Gasteiger partial charge in [-0.1, -0.05) is 28.1 Å². The Kier molecular flexibility index (Phi) is 5.51. The molecule has 1 unspecified atom stereocenters. The van der Waals surface area contributed by atoms with Crippen LogP contribution in [0.4, 0.5) is 10.5 Å². The minimum atomic E-state index is -1.21. The third kappa shape index (κ3) is 4.46. The van der Waals surface area contributed by atoms with Crippen LogP contribution in [0.25, 0.3) is 0 Å². The van der Waals surface area contributed by atoms with Gasteiger partial charge in [-0.05, 0) is 61.0 Å². The van der Waals surface area contributed by atoms with Crippen LogP contribution in [0.15, 0.2) is 69.6 Å². The highest BCUT2D eigenvalue weighted by molar-refractivity contribution is 9.10. The summed E-state index contributed by atoms with van der Waals surface area (Å²) in [6.45, 7) is 1.77. The number of hydrogen-bond donors (Lipinski definition) is 3. The summed E-state index contributed by atoms with van der Waals surface area (Å²) in [5.41, 5.74) is -0.210. The molecule has 0 radical (unpaired) electrons. The first-order valence-electron chi connectivity index (χ1n) is 9.36. The van der Waals surface area contributed by atoms with E-state index < -0.39 is 23.4 Å². The number of furan rings is 1. The monoisotopic (exact) mass is 483 g/mol. The molecule has 1 saturated heterocycles. The molecule has 3 N–H and O–H groups in total. The molecule has 2 aromatic carbocycles. The fourth-order valence-corrected chi connectivity index (χ4v) is 3.37. The molecule has 1 aromatic heterocycles. The van der Waals surface area contributed by atoms with Crippen molar-refractivity contribution in [2.24, 2.45) is 0 Å². The molecular weight excluding hydrogens is 466 g/mol. The van der Waals surface area contributed by atoms with Crippen molar-refractivity contribution in [2.75, 3.05) is 5.32 Å². The number of carbonyl (C=O) groups is 3. The van der Waals surface area contributed by atoms with Gasteiger partial charge >= 0.3 is 6.03 Å². The maximum Gasteiger partial charge on any atom is 0.322 e. The predicted octanol–water partition coefficient (Wildman–Crippen LogP) is 3.93. The predicted molar refractivity (Wildman–Crippen MR) is 116 cm³/mol. The lowest BCUT2D eigenvalue weighted by Crippen LogP contribution is -2.40. The van der Waals surface area contributed by atoms with Crippen LogP contribution in [0.1, 0.15) is 28.8 Å². The highest BCUT2D eigenvalue weighted by Crippen LogP contribution is 2.27. The number of rotatable bonds is 6. The van der Waals surface area contributed by atoms with Crippen molar-refractivity contribution in [3.05, 3.63) is 82.2 Å². The molecule has 31 heavy (non-hydrogen) atoms. The number of urea groups is 1. The zero-order valence-electron chi connectivity index (χ0n) is 16.4. The van der Waals surface area contributed by atoms with Crippen LogP contribution in [0.5, 0.6) is 5.75 Å². The topological polar surface area (TPSA) is 110 Å². The minimum absolute atomic E-state index is 0.123. The summed E-state index contributed by atoms with van der Waals surface area (Å²) >= 11 is 3.36. The number of hydrogen-bond acceptors (Lipinski definition) is 5. The van der Waals surface area contributed by atoms with Crippen LogP contribution in [-0.2, 0) is 16.9 Å². The van der Waals surface area contributed by atoms with Gasteiger partial charge in [0.15, 0.2) is 5.76 Å². The molecule has 158 valence electrons. The number of ether oxygens (including phenoxy) is 1. The first-order valence-corrected chi connectivity index (χ1v) is 10.2. The Morgan fingerprint density at radius 1 is 1.13 bits per heavy atom. The molecule has 1 atom stereocenters. The fourth-order valence-electron chi connectivity index (χ4n) is 3.11. The molecule has 1 aliphatic heterocycles. The minimum Gasteiger partial charge on any atom is -0.486 e. The van der Waals surface area contributed by atoms with E-state index in [0.717, 1.165) is 4.47 Å². The van der Waals surface area contributed by atoms with E-state index in [0.29, 0.717) is 22.8 Å². The van der Waals surface area contributed by atoms with E-state index in [1.165, 1.54) is 0 Å². The standard InChI is InChI=1S/C22H18BrN3O5/c1-22(20(28)25-21(29)26-22)13-3-2-4-15(11-13)24-19(27)18-10-9-17(31-18)12-30-16-7-5-14(23)6-8-16/h2-11H,12H2,1H3,(H,24,27)(H2,25,26,28,29). The molecule has 9 heteroatoms. The van der Waals surface area contributed by atoms with Crippen molar-refractivity contribution in [1.29, 1.82) is 0 Å². The van der Waals surface area contributed by atoms with Crippen molar-refractivity contribution in [3.8, 4) is 5.75 Å². The third-order valence-electron chi connectivity index (χ3n) is 4.82. The quantitative estimate of drug-likeness (QED) is 0.460. The van der Waals surface area contributed by atoms with E-state index in [9.17, 15) is 14.4 Å². The summed E-state index contributed by atoms with van der Waals surface area (Å²) in [7, 11) is 0. The van der Waals surface area contributed by atoms with Gasteiger partial charge in [0.1, 0.15) is 23.7 Å². The summed E-state index contributed by atoms with van der Waals surface area (Å²) in [6, 6.07) is 16.7. The van der Waals surface area contributed by atoms with Crippen molar-refractivity contribution in [3.63, 3.8) is 0 Å². The van der Waals surface area contributed by atoms with Crippen molar-refractivity contribution < 1.29 is 23.5 Å². The number of anilines is 1. The fraction of sp³-hybridized carbons (Fsp3) is 0.136. The Morgan fingerprint density at radius 2 is 1.90 bits per heavy atom. The average Bonchev–Trinajstić information content (AvgIpc) is 3.32. The smallest absolute Gasteiger partial charge is 0.322 e. The lowest BCUT2D eigenvalue weighted by molar-refractivity contribution is -0.123. The number of benzene rings is 2. The van der Waals surface area contributed by atoms with Crippen molar-refractivity contribution in [1.82, 2.24) is 10.6 Å². The van der Waals surface area contributed by atoms with E-state index in [4.69, 9.17) is 9.15 Å². The first kappa shape index (κ1) is 20.7. The molecule has 0 bridgehead atoms. The molecular formula is C22H18BrN3O5. The maximum absolute atomic E-state index is 12.6. The van der Waals surface area contributed by atoms with E-state index >= 15 is 0 Å². The van der Waals surface area contributed by atoms with Crippen LogP contribution in [-0.4, -0.2) is 17.8 Å². The van der Waals surface area contributed by atoms with Gasteiger partial charge in [0.25, 0.3) is 11.8 Å². The summed E-state index contributed by atoms with van der Waals surface area (Å²) in [5.74, 6) is 0.399. The van der Waals surface area contributed by atoms with Gasteiger partial charge < -0.3 is 19.8 Å². The number of nitrogens with one attached hydrogen (secondary N) is 3. The molecule has 4 amide bonds. The SMILES string of the molecule is CC1(c2cccc(NC(=O)c3ccc(COc4ccc(Br)cc4)o3)c2)NC(=O)NC1=O. The Hall–Kier alpha value is -3.59. The van der Waals surface area contributed by atoms with E-state index in [-0.39, 0.29) is 12.4 Å². The van der Waals surface area contributed by atoms with Crippen LogP contribution in [0, 0.1) is 0 Å². The van der Waals surface area contributed by atoms with Gasteiger partial charge in [0.05, 0.1) is 0 Å². The molecule has 0 aliphatic carbocycles. The van der Waals surface area contributed by atoms with Gasteiger partial charge in [0.2, 0.25) is 0 Å². The molecule has 1 fully saturated rings. The van der Waals surface area contributed by atoms with Gasteiger partial charge in [-0.25, -0.2) is 4.79 Å². The average molecular weight is 484 g/mol. The van der Waals surface area contributed by atoms with E-state index in [2.05, 4.69) is 31.9 Å². The highest BCUT2D eigenvalue weighted by Gasteiger charge is 2.43. The van der Waals surface area contributed by atoms with E-state index in [1.54, 1.807) is 43.3 Å². The molecule has 0 spiro atoms. The molecule has 8 nitrogen and oxygen atoms in total. The second kappa shape index (κ2) is 8.27. The largest absolute Gasteiger partial charge is 0.486 e. The van der Waals surface area contributed by atoms with Gasteiger partial charge in [0, 0.05) is 10.2 Å². The Balaban J connectivity index is 1.41. The maximum atomic E-state index is 12.6. The zero-order valence-corrected chi connectivity index (χ0v) is 18.0. The first-order chi connectivity index (χ1) is 14.8. The summed E-state index contributed by atoms with van der Waals surface area (Å²) in [6.07, 6.45) is 0.